The van der Waals surface area contributed by atoms with Gasteiger partial charge in [-0.15, -0.1) is 0 Å². The van der Waals surface area contributed by atoms with Gasteiger partial charge in [-0.05, 0) is 18.1 Å². The maximum absolute atomic E-state index is 12.3. The highest BCUT2D eigenvalue weighted by molar-refractivity contribution is 7.18. The third kappa shape index (κ3) is 3.71. The van der Waals surface area contributed by atoms with E-state index in [1.54, 1.807) is 14.2 Å². The number of nitrogen functional groups attached to an aromatic ring is 1. The van der Waals surface area contributed by atoms with Gasteiger partial charge in [0.25, 0.3) is 5.91 Å². The van der Waals surface area contributed by atoms with Gasteiger partial charge in [0, 0.05) is 19.8 Å². The average Bonchev–Trinajstić information content (AvgIpc) is 2.87. The van der Waals surface area contributed by atoms with E-state index in [-0.39, 0.29) is 11.7 Å². The minimum atomic E-state index is -0.253. The van der Waals surface area contributed by atoms with Crippen molar-refractivity contribution in [1.82, 2.24) is 4.98 Å². The van der Waals surface area contributed by atoms with Gasteiger partial charge in [0.15, 0.2) is 5.13 Å². The van der Waals surface area contributed by atoms with E-state index in [1.165, 1.54) is 11.3 Å². The molecular formula is C14H18N4O2S. The number of thiazole rings is 1. The molecule has 1 aromatic heterocycles. The van der Waals surface area contributed by atoms with Gasteiger partial charge in [-0.1, -0.05) is 29.5 Å². The standard InChI is InChI=1S/C14H18N4O2S/c1-16-14-18-12(15)11(21-14)13(19)17-10-6-4-3-5-9(10)7-8-20-2/h3-6H,7-8,15H2,1-2H3,(H,16,18)(H,17,19). The quantitative estimate of drug-likeness (QED) is 0.761. The minimum Gasteiger partial charge on any atom is -0.384 e. The highest BCUT2D eigenvalue weighted by Gasteiger charge is 2.16. The Bertz CT molecular complexity index is 627. The molecule has 2 rings (SSSR count). The van der Waals surface area contributed by atoms with E-state index in [0.29, 0.717) is 16.6 Å². The molecule has 1 amide bonds. The number of para-hydroxylation sites is 1. The number of benzene rings is 1. The lowest BCUT2D eigenvalue weighted by Crippen LogP contribution is -2.14. The molecule has 2 aromatic rings. The van der Waals surface area contributed by atoms with E-state index in [9.17, 15) is 4.79 Å². The number of ether oxygens (including phenoxy) is 1. The third-order valence-corrected chi connectivity index (χ3v) is 4.00. The number of hydrogen-bond donors (Lipinski definition) is 3. The number of nitrogens with zero attached hydrogens (tertiary/aromatic N) is 1. The van der Waals surface area contributed by atoms with Gasteiger partial charge in [0.2, 0.25) is 0 Å². The van der Waals surface area contributed by atoms with Crippen LogP contribution in [0.2, 0.25) is 0 Å². The molecule has 0 saturated carbocycles. The normalized spacial score (nSPS) is 10.4. The monoisotopic (exact) mass is 306 g/mol. The lowest BCUT2D eigenvalue weighted by atomic mass is 10.1. The lowest BCUT2D eigenvalue weighted by Gasteiger charge is -2.10. The fraction of sp³-hybridized carbons (Fsp3) is 0.286. The van der Waals surface area contributed by atoms with Crippen molar-refractivity contribution in [3.8, 4) is 0 Å². The fourth-order valence-electron chi connectivity index (χ4n) is 1.85. The Hall–Kier alpha value is -2.12. The summed E-state index contributed by atoms with van der Waals surface area (Å²) in [7, 11) is 3.39. The largest absolute Gasteiger partial charge is 0.384 e. The second-order valence-electron chi connectivity index (χ2n) is 4.34. The molecule has 0 atom stereocenters. The molecule has 7 heteroatoms. The maximum atomic E-state index is 12.3. The zero-order chi connectivity index (χ0) is 15.2. The van der Waals surface area contributed by atoms with Crippen LogP contribution in [-0.2, 0) is 11.2 Å². The fourth-order valence-corrected chi connectivity index (χ4v) is 2.59. The summed E-state index contributed by atoms with van der Waals surface area (Å²) in [5, 5.41) is 6.38. The van der Waals surface area contributed by atoms with Crippen LogP contribution in [0.3, 0.4) is 0 Å². The van der Waals surface area contributed by atoms with Crippen molar-refractivity contribution < 1.29 is 9.53 Å². The number of anilines is 3. The van der Waals surface area contributed by atoms with Gasteiger partial charge < -0.3 is 21.1 Å². The van der Waals surface area contributed by atoms with Crippen LogP contribution in [0.4, 0.5) is 16.6 Å². The topological polar surface area (TPSA) is 89.3 Å². The van der Waals surface area contributed by atoms with E-state index in [1.807, 2.05) is 24.3 Å². The van der Waals surface area contributed by atoms with E-state index in [2.05, 4.69) is 15.6 Å². The van der Waals surface area contributed by atoms with Crippen LogP contribution in [0.15, 0.2) is 24.3 Å². The molecule has 0 saturated heterocycles. The predicted molar refractivity (Wildman–Crippen MR) is 86.0 cm³/mol. The number of carbonyl (C=O) groups is 1. The average molecular weight is 306 g/mol. The van der Waals surface area contributed by atoms with Crippen molar-refractivity contribution in [1.29, 1.82) is 0 Å². The summed E-state index contributed by atoms with van der Waals surface area (Å²) in [4.78, 5) is 16.8. The van der Waals surface area contributed by atoms with Crippen molar-refractivity contribution in [3.63, 3.8) is 0 Å². The Morgan fingerprint density at radius 3 is 2.86 bits per heavy atom. The smallest absolute Gasteiger partial charge is 0.269 e. The van der Waals surface area contributed by atoms with Gasteiger partial charge in [-0.25, -0.2) is 4.98 Å². The molecular weight excluding hydrogens is 288 g/mol. The molecule has 6 nitrogen and oxygen atoms in total. The number of methoxy groups -OCH3 is 1. The van der Waals surface area contributed by atoms with Gasteiger partial charge in [-0.3, -0.25) is 4.79 Å². The Labute approximate surface area is 127 Å². The first-order chi connectivity index (χ1) is 10.2. The molecule has 0 aliphatic rings. The van der Waals surface area contributed by atoms with E-state index < -0.39 is 0 Å². The predicted octanol–water partition coefficient (Wildman–Crippen LogP) is 2.21. The summed E-state index contributed by atoms with van der Waals surface area (Å²) in [5.41, 5.74) is 7.55. The van der Waals surface area contributed by atoms with Crippen molar-refractivity contribution >= 4 is 33.9 Å². The molecule has 0 spiro atoms. The summed E-state index contributed by atoms with van der Waals surface area (Å²) < 4.78 is 5.08. The van der Waals surface area contributed by atoms with E-state index in [0.717, 1.165) is 17.7 Å². The Balaban J connectivity index is 2.17. The molecule has 21 heavy (non-hydrogen) atoms. The first-order valence-corrected chi connectivity index (χ1v) is 7.29. The molecule has 0 radical (unpaired) electrons. The summed E-state index contributed by atoms with van der Waals surface area (Å²) in [6, 6.07) is 7.63. The summed E-state index contributed by atoms with van der Waals surface area (Å²) in [5.74, 6) is -0.0208. The van der Waals surface area contributed by atoms with Gasteiger partial charge in [0.05, 0.1) is 6.61 Å². The van der Waals surface area contributed by atoms with Crippen LogP contribution in [0.25, 0.3) is 0 Å². The van der Waals surface area contributed by atoms with Crippen LogP contribution in [-0.4, -0.2) is 31.7 Å². The molecule has 0 bridgehead atoms. The second kappa shape index (κ2) is 7.05. The zero-order valence-corrected chi connectivity index (χ0v) is 12.8. The second-order valence-corrected chi connectivity index (χ2v) is 5.34. The van der Waals surface area contributed by atoms with Crippen LogP contribution in [0, 0.1) is 0 Å². The highest BCUT2D eigenvalue weighted by Crippen LogP contribution is 2.26. The first kappa shape index (κ1) is 15.3. The summed E-state index contributed by atoms with van der Waals surface area (Å²) in [6.07, 6.45) is 0.729. The van der Waals surface area contributed by atoms with Gasteiger partial charge in [-0.2, -0.15) is 0 Å². The van der Waals surface area contributed by atoms with Crippen LogP contribution in [0.1, 0.15) is 15.2 Å². The van der Waals surface area contributed by atoms with E-state index in [4.69, 9.17) is 10.5 Å². The van der Waals surface area contributed by atoms with Gasteiger partial charge >= 0.3 is 0 Å². The Kier molecular flexibility index (Phi) is 5.13. The van der Waals surface area contributed by atoms with Gasteiger partial charge in [0.1, 0.15) is 10.7 Å². The molecule has 1 heterocycles. The Morgan fingerprint density at radius 2 is 2.19 bits per heavy atom. The maximum Gasteiger partial charge on any atom is 0.269 e. The molecule has 1 aromatic carbocycles. The SMILES string of the molecule is CNc1nc(N)c(C(=O)Nc2ccccc2CCOC)s1. The highest BCUT2D eigenvalue weighted by atomic mass is 32.1. The molecule has 0 aliphatic carbocycles. The summed E-state index contributed by atoms with van der Waals surface area (Å²) in [6.45, 7) is 0.597. The molecule has 4 N–H and O–H groups in total. The number of aromatic nitrogens is 1. The van der Waals surface area contributed by atoms with Crippen LogP contribution in [0.5, 0.6) is 0 Å². The number of rotatable bonds is 6. The lowest BCUT2D eigenvalue weighted by molar-refractivity contribution is 0.103. The molecule has 112 valence electrons. The number of carbonyl (C=O) groups excluding carboxylic acids is 1. The van der Waals surface area contributed by atoms with Crippen LogP contribution < -0.4 is 16.4 Å². The molecule has 0 fully saturated rings. The minimum absolute atomic E-state index is 0.233. The third-order valence-electron chi connectivity index (χ3n) is 2.91. The number of amides is 1. The van der Waals surface area contributed by atoms with E-state index >= 15 is 0 Å². The summed E-state index contributed by atoms with van der Waals surface area (Å²) >= 11 is 1.23. The first-order valence-electron chi connectivity index (χ1n) is 6.48. The number of nitrogens with one attached hydrogen (secondary N) is 2. The van der Waals surface area contributed by atoms with Crippen molar-refractivity contribution in [2.75, 3.05) is 37.1 Å². The number of hydrogen-bond acceptors (Lipinski definition) is 6. The molecule has 0 unspecified atom stereocenters. The Morgan fingerprint density at radius 1 is 1.43 bits per heavy atom. The van der Waals surface area contributed by atoms with Crippen molar-refractivity contribution in [2.24, 2.45) is 0 Å². The zero-order valence-electron chi connectivity index (χ0n) is 12.0. The number of nitrogens with two attached hydrogens (primary N) is 1. The molecule has 0 aliphatic heterocycles. The van der Waals surface area contributed by atoms with Crippen molar-refractivity contribution in [3.05, 3.63) is 34.7 Å². The van der Waals surface area contributed by atoms with Crippen LogP contribution >= 0.6 is 11.3 Å². The van der Waals surface area contributed by atoms with Crippen molar-refractivity contribution in [2.45, 2.75) is 6.42 Å².